The van der Waals surface area contributed by atoms with Crippen LogP contribution >= 0.6 is 0 Å². The molecule has 0 bridgehead atoms. The fraction of sp³-hybridized carbons (Fsp3) is 0.625. The summed E-state index contributed by atoms with van der Waals surface area (Å²) in [5.41, 5.74) is 2.79. The average Bonchev–Trinajstić information content (AvgIpc) is 2.37. The van der Waals surface area contributed by atoms with E-state index >= 15 is 0 Å². The summed E-state index contributed by atoms with van der Waals surface area (Å²) in [5, 5.41) is 3.63. The molecule has 1 unspecified atom stereocenters. The van der Waals surface area contributed by atoms with Crippen LogP contribution in [-0.2, 0) is 0 Å². The highest BCUT2D eigenvalue weighted by molar-refractivity contribution is 5.57. The number of hydrogen-bond donors (Lipinski definition) is 1. The van der Waals surface area contributed by atoms with Gasteiger partial charge in [0.25, 0.3) is 0 Å². The van der Waals surface area contributed by atoms with Gasteiger partial charge in [0, 0.05) is 30.4 Å². The Kier molecular flexibility index (Phi) is 4.04. The number of nitrogens with one attached hydrogen (secondary N) is 1. The Morgan fingerprint density at radius 2 is 2.16 bits per heavy atom. The van der Waals surface area contributed by atoms with Crippen molar-refractivity contribution in [3.05, 3.63) is 23.8 Å². The van der Waals surface area contributed by atoms with Crippen LogP contribution in [0.15, 0.2) is 18.2 Å². The number of anilines is 1. The Morgan fingerprint density at radius 1 is 1.42 bits per heavy atom. The van der Waals surface area contributed by atoms with E-state index in [-0.39, 0.29) is 5.54 Å². The summed E-state index contributed by atoms with van der Waals surface area (Å²) in [5.74, 6) is 0.934. The van der Waals surface area contributed by atoms with E-state index in [1.165, 1.54) is 11.3 Å². The molecule has 1 aliphatic heterocycles. The zero-order valence-corrected chi connectivity index (χ0v) is 12.8. The first-order valence-corrected chi connectivity index (χ1v) is 7.13. The van der Waals surface area contributed by atoms with E-state index in [4.69, 9.17) is 4.74 Å². The van der Waals surface area contributed by atoms with Crippen LogP contribution in [0.3, 0.4) is 0 Å². The fourth-order valence-electron chi connectivity index (χ4n) is 2.84. The Morgan fingerprint density at radius 3 is 2.74 bits per heavy atom. The van der Waals surface area contributed by atoms with Crippen molar-refractivity contribution >= 4 is 5.69 Å². The standard InChI is InChI=1S/C16H26N2O/c1-6-13-10-17-16(3,4)11-18(13)15-8-7-14(19-5)9-12(15)2/h7-9,13,17H,6,10-11H2,1-5H3. The molecule has 1 aromatic rings. The summed E-state index contributed by atoms with van der Waals surface area (Å²) in [7, 11) is 1.72. The Hall–Kier alpha value is -1.22. The van der Waals surface area contributed by atoms with E-state index < -0.39 is 0 Å². The molecule has 1 N–H and O–H groups in total. The van der Waals surface area contributed by atoms with Crippen LogP contribution < -0.4 is 15.0 Å². The summed E-state index contributed by atoms with van der Waals surface area (Å²) in [6, 6.07) is 6.94. The van der Waals surface area contributed by atoms with Gasteiger partial charge in [0.15, 0.2) is 0 Å². The van der Waals surface area contributed by atoms with E-state index in [9.17, 15) is 0 Å². The van der Waals surface area contributed by atoms with Gasteiger partial charge in [0.05, 0.1) is 7.11 Å². The van der Waals surface area contributed by atoms with Crippen molar-refractivity contribution in [1.29, 1.82) is 0 Å². The molecule has 0 aliphatic carbocycles. The van der Waals surface area contributed by atoms with Crippen molar-refractivity contribution in [2.45, 2.75) is 45.7 Å². The maximum absolute atomic E-state index is 5.30. The van der Waals surface area contributed by atoms with Crippen molar-refractivity contribution in [2.24, 2.45) is 0 Å². The van der Waals surface area contributed by atoms with Crippen molar-refractivity contribution in [1.82, 2.24) is 5.32 Å². The number of methoxy groups -OCH3 is 1. The molecule has 19 heavy (non-hydrogen) atoms. The van der Waals surface area contributed by atoms with Gasteiger partial charge in [-0.2, -0.15) is 0 Å². The number of piperazine rings is 1. The number of benzene rings is 1. The van der Waals surface area contributed by atoms with Crippen LogP contribution in [-0.4, -0.2) is 31.8 Å². The lowest BCUT2D eigenvalue weighted by Gasteiger charge is -2.46. The summed E-state index contributed by atoms with van der Waals surface area (Å²) < 4.78 is 5.30. The molecule has 0 spiro atoms. The zero-order chi connectivity index (χ0) is 14.0. The highest BCUT2D eigenvalue weighted by Crippen LogP contribution is 2.30. The molecule has 1 aromatic carbocycles. The number of nitrogens with zero attached hydrogens (tertiary/aromatic N) is 1. The van der Waals surface area contributed by atoms with Gasteiger partial charge in [-0.3, -0.25) is 0 Å². The van der Waals surface area contributed by atoms with E-state index in [0.29, 0.717) is 6.04 Å². The number of aryl methyl sites for hydroxylation is 1. The van der Waals surface area contributed by atoms with Crippen molar-refractivity contribution in [3.8, 4) is 5.75 Å². The molecule has 0 amide bonds. The van der Waals surface area contributed by atoms with Crippen molar-refractivity contribution in [3.63, 3.8) is 0 Å². The predicted molar refractivity (Wildman–Crippen MR) is 81.2 cm³/mol. The largest absolute Gasteiger partial charge is 0.497 e. The quantitative estimate of drug-likeness (QED) is 0.906. The Balaban J connectivity index is 2.31. The van der Waals surface area contributed by atoms with Gasteiger partial charge in [0.2, 0.25) is 0 Å². The lowest BCUT2D eigenvalue weighted by Crippen LogP contribution is -2.61. The zero-order valence-electron chi connectivity index (χ0n) is 12.8. The van der Waals surface area contributed by atoms with Gasteiger partial charge in [-0.1, -0.05) is 6.92 Å². The van der Waals surface area contributed by atoms with E-state index in [1.807, 2.05) is 0 Å². The molecular formula is C16H26N2O. The van der Waals surface area contributed by atoms with Crippen LogP contribution in [0.5, 0.6) is 5.75 Å². The number of ether oxygens (including phenoxy) is 1. The second-order valence-corrected chi connectivity index (χ2v) is 6.11. The monoisotopic (exact) mass is 262 g/mol. The smallest absolute Gasteiger partial charge is 0.119 e. The third-order valence-electron chi connectivity index (χ3n) is 4.01. The molecule has 1 heterocycles. The summed E-state index contributed by atoms with van der Waals surface area (Å²) in [6.45, 7) is 11.1. The number of rotatable bonds is 3. The van der Waals surface area contributed by atoms with Crippen LogP contribution in [0, 0.1) is 6.92 Å². The lowest BCUT2D eigenvalue weighted by atomic mass is 9.96. The molecule has 1 atom stereocenters. The Bertz CT molecular complexity index is 442. The number of hydrogen-bond acceptors (Lipinski definition) is 3. The molecule has 1 fully saturated rings. The molecule has 2 rings (SSSR count). The first-order chi connectivity index (χ1) is 8.96. The fourth-order valence-corrected chi connectivity index (χ4v) is 2.84. The van der Waals surface area contributed by atoms with Crippen LogP contribution in [0.1, 0.15) is 32.8 Å². The van der Waals surface area contributed by atoms with E-state index in [0.717, 1.165) is 25.3 Å². The van der Waals surface area contributed by atoms with Crippen molar-refractivity contribution in [2.75, 3.05) is 25.1 Å². The molecule has 3 heteroatoms. The third-order valence-corrected chi connectivity index (χ3v) is 4.01. The van der Waals surface area contributed by atoms with Crippen molar-refractivity contribution < 1.29 is 4.74 Å². The normalized spacial score (nSPS) is 22.4. The van der Waals surface area contributed by atoms with Crippen LogP contribution in [0.25, 0.3) is 0 Å². The molecule has 0 radical (unpaired) electrons. The average molecular weight is 262 g/mol. The second-order valence-electron chi connectivity index (χ2n) is 6.11. The SMILES string of the molecule is CCC1CNC(C)(C)CN1c1ccc(OC)cc1C. The summed E-state index contributed by atoms with van der Waals surface area (Å²) in [4.78, 5) is 2.55. The maximum atomic E-state index is 5.30. The van der Waals surface area contributed by atoms with E-state index in [1.54, 1.807) is 7.11 Å². The first-order valence-electron chi connectivity index (χ1n) is 7.13. The minimum absolute atomic E-state index is 0.165. The van der Waals surface area contributed by atoms with Gasteiger partial charge in [0.1, 0.15) is 5.75 Å². The first kappa shape index (κ1) is 14.2. The highest BCUT2D eigenvalue weighted by atomic mass is 16.5. The lowest BCUT2D eigenvalue weighted by molar-refractivity contribution is 0.306. The highest BCUT2D eigenvalue weighted by Gasteiger charge is 2.32. The molecule has 0 saturated carbocycles. The Labute approximate surface area is 116 Å². The van der Waals surface area contributed by atoms with Gasteiger partial charge in [-0.25, -0.2) is 0 Å². The molecule has 1 saturated heterocycles. The van der Waals surface area contributed by atoms with Gasteiger partial charge < -0.3 is 15.0 Å². The minimum atomic E-state index is 0.165. The van der Waals surface area contributed by atoms with Crippen LogP contribution in [0.2, 0.25) is 0 Å². The molecule has 3 nitrogen and oxygen atoms in total. The molecule has 0 aromatic heterocycles. The third kappa shape index (κ3) is 3.03. The maximum Gasteiger partial charge on any atom is 0.119 e. The minimum Gasteiger partial charge on any atom is -0.497 e. The topological polar surface area (TPSA) is 24.5 Å². The van der Waals surface area contributed by atoms with E-state index in [2.05, 4.69) is 56.1 Å². The summed E-state index contributed by atoms with van der Waals surface area (Å²) in [6.07, 6.45) is 1.16. The molecule has 106 valence electrons. The van der Waals surface area contributed by atoms with Gasteiger partial charge >= 0.3 is 0 Å². The van der Waals surface area contributed by atoms with Crippen LogP contribution in [0.4, 0.5) is 5.69 Å². The van der Waals surface area contributed by atoms with Gasteiger partial charge in [-0.05, 0) is 51.0 Å². The predicted octanol–water partition coefficient (Wildman–Crippen LogP) is 2.97. The molecular weight excluding hydrogens is 236 g/mol. The molecule has 1 aliphatic rings. The second kappa shape index (κ2) is 5.41. The van der Waals surface area contributed by atoms with Gasteiger partial charge in [-0.15, -0.1) is 0 Å². The summed E-state index contributed by atoms with van der Waals surface area (Å²) >= 11 is 0.